The molecule has 0 radical (unpaired) electrons. The Bertz CT molecular complexity index is 262. The van der Waals surface area contributed by atoms with Crippen LogP contribution in [0.1, 0.15) is 33.1 Å². The molecule has 16 heavy (non-hydrogen) atoms. The van der Waals surface area contributed by atoms with Crippen LogP contribution in [0.15, 0.2) is 0 Å². The Morgan fingerprint density at radius 3 is 2.38 bits per heavy atom. The molecule has 0 amide bonds. The molecule has 4 heteroatoms. The second-order valence-corrected chi connectivity index (χ2v) is 5.00. The van der Waals surface area contributed by atoms with Gasteiger partial charge in [0.2, 0.25) is 0 Å². The molecule has 92 valence electrons. The van der Waals surface area contributed by atoms with Crippen molar-refractivity contribution in [1.29, 1.82) is 0 Å². The fourth-order valence-electron chi connectivity index (χ4n) is 2.79. The lowest BCUT2D eigenvalue weighted by Crippen LogP contribution is -2.41. The SMILES string of the molecule is CCC1OC1CC1(C2OC2CC)COCO1. The summed E-state index contributed by atoms with van der Waals surface area (Å²) in [5.41, 5.74) is -0.227. The zero-order valence-corrected chi connectivity index (χ0v) is 9.98. The maximum atomic E-state index is 5.81. The first-order valence-corrected chi connectivity index (χ1v) is 6.31. The van der Waals surface area contributed by atoms with E-state index in [2.05, 4.69) is 13.8 Å². The van der Waals surface area contributed by atoms with Crippen LogP contribution in [0.3, 0.4) is 0 Å². The summed E-state index contributed by atoms with van der Waals surface area (Å²) in [6.07, 6.45) is 4.44. The van der Waals surface area contributed by atoms with Crippen molar-refractivity contribution in [1.82, 2.24) is 0 Å². The Balaban J connectivity index is 1.62. The van der Waals surface area contributed by atoms with Crippen molar-refractivity contribution >= 4 is 0 Å². The molecule has 3 heterocycles. The number of hydrogen-bond acceptors (Lipinski definition) is 4. The van der Waals surface area contributed by atoms with Crippen molar-refractivity contribution < 1.29 is 18.9 Å². The van der Waals surface area contributed by atoms with Crippen LogP contribution >= 0.6 is 0 Å². The van der Waals surface area contributed by atoms with E-state index >= 15 is 0 Å². The maximum absolute atomic E-state index is 5.81. The minimum absolute atomic E-state index is 0.224. The van der Waals surface area contributed by atoms with Gasteiger partial charge in [0.05, 0.1) is 24.9 Å². The molecule has 3 saturated heterocycles. The molecule has 5 unspecified atom stereocenters. The summed E-state index contributed by atoms with van der Waals surface area (Å²) in [5, 5.41) is 0. The van der Waals surface area contributed by atoms with Gasteiger partial charge in [-0.2, -0.15) is 0 Å². The highest BCUT2D eigenvalue weighted by molar-refractivity contribution is 5.07. The standard InChI is InChI=1S/C12H20O4/c1-3-8-10(15-8)5-12(6-13-7-14-12)11-9(4-2)16-11/h8-11H,3-7H2,1-2H3. The third kappa shape index (κ3) is 1.78. The van der Waals surface area contributed by atoms with E-state index in [4.69, 9.17) is 18.9 Å². The van der Waals surface area contributed by atoms with Gasteiger partial charge >= 0.3 is 0 Å². The molecule has 4 nitrogen and oxygen atoms in total. The largest absolute Gasteiger partial charge is 0.369 e. The number of rotatable bonds is 5. The molecule has 0 aromatic carbocycles. The summed E-state index contributed by atoms with van der Waals surface area (Å²) in [6, 6.07) is 0. The zero-order chi connectivity index (χ0) is 11.2. The molecule has 3 fully saturated rings. The molecule has 3 aliphatic rings. The third-order valence-corrected chi connectivity index (χ3v) is 3.92. The minimum Gasteiger partial charge on any atom is -0.369 e. The number of ether oxygens (including phenoxy) is 4. The van der Waals surface area contributed by atoms with E-state index in [0.717, 1.165) is 19.3 Å². The molecule has 0 saturated carbocycles. The Hall–Kier alpha value is -0.160. The molecule has 3 rings (SSSR count). The van der Waals surface area contributed by atoms with Gasteiger partial charge in [-0.05, 0) is 12.8 Å². The smallest absolute Gasteiger partial charge is 0.147 e. The molecular formula is C12H20O4. The Morgan fingerprint density at radius 1 is 1.06 bits per heavy atom. The van der Waals surface area contributed by atoms with Crippen molar-refractivity contribution in [2.75, 3.05) is 13.4 Å². The van der Waals surface area contributed by atoms with Gasteiger partial charge in [0.15, 0.2) is 0 Å². The average molecular weight is 228 g/mol. The van der Waals surface area contributed by atoms with Crippen LogP contribution in [0.25, 0.3) is 0 Å². The predicted molar refractivity (Wildman–Crippen MR) is 57.2 cm³/mol. The first-order chi connectivity index (χ1) is 7.79. The number of hydrogen-bond donors (Lipinski definition) is 0. The highest BCUT2D eigenvalue weighted by Crippen LogP contribution is 2.45. The van der Waals surface area contributed by atoms with Crippen molar-refractivity contribution in [2.45, 2.75) is 63.1 Å². The summed E-state index contributed by atoms with van der Waals surface area (Å²) >= 11 is 0. The topological polar surface area (TPSA) is 43.5 Å². The van der Waals surface area contributed by atoms with Gasteiger partial charge in [0, 0.05) is 6.42 Å². The van der Waals surface area contributed by atoms with Crippen LogP contribution in [0.2, 0.25) is 0 Å². The van der Waals surface area contributed by atoms with Crippen LogP contribution in [-0.2, 0) is 18.9 Å². The molecule has 0 aromatic rings. The highest BCUT2D eigenvalue weighted by Gasteiger charge is 2.60. The van der Waals surface area contributed by atoms with E-state index in [1.807, 2.05) is 0 Å². The first kappa shape index (κ1) is 11.0. The normalized spacial score (nSPS) is 50.6. The molecule has 0 aliphatic carbocycles. The van der Waals surface area contributed by atoms with Gasteiger partial charge in [0.1, 0.15) is 18.5 Å². The predicted octanol–water partition coefficient (Wildman–Crippen LogP) is 1.47. The highest BCUT2D eigenvalue weighted by atomic mass is 16.7. The monoisotopic (exact) mass is 228 g/mol. The van der Waals surface area contributed by atoms with Gasteiger partial charge in [-0.3, -0.25) is 0 Å². The van der Waals surface area contributed by atoms with Crippen LogP contribution in [0, 0.1) is 0 Å². The average Bonchev–Trinajstić information content (AvgIpc) is 3.18. The van der Waals surface area contributed by atoms with Gasteiger partial charge < -0.3 is 18.9 Å². The summed E-state index contributed by atoms with van der Waals surface area (Å²) in [5.74, 6) is 0. The molecule has 0 spiro atoms. The Kier molecular flexibility index (Phi) is 2.70. The molecule has 0 aromatic heterocycles. The van der Waals surface area contributed by atoms with E-state index in [1.54, 1.807) is 0 Å². The fourth-order valence-corrected chi connectivity index (χ4v) is 2.79. The van der Waals surface area contributed by atoms with Crippen molar-refractivity contribution in [2.24, 2.45) is 0 Å². The van der Waals surface area contributed by atoms with E-state index in [0.29, 0.717) is 31.7 Å². The lowest BCUT2D eigenvalue weighted by Gasteiger charge is -2.23. The van der Waals surface area contributed by atoms with E-state index in [9.17, 15) is 0 Å². The third-order valence-electron chi connectivity index (χ3n) is 3.92. The lowest BCUT2D eigenvalue weighted by atomic mass is 9.91. The molecule has 5 atom stereocenters. The molecular weight excluding hydrogens is 208 g/mol. The van der Waals surface area contributed by atoms with Crippen LogP contribution in [0.5, 0.6) is 0 Å². The van der Waals surface area contributed by atoms with Crippen LogP contribution < -0.4 is 0 Å². The lowest BCUT2D eigenvalue weighted by molar-refractivity contribution is -0.0332. The molecule has 0 N–H and O–H groups in total. The van der Waals surface area contributed by atoms with Crippen molar-refractivity contribution in [3.8, 4) is 0 Å². The second kappa shape index (κ2) is 3.95. The molecule has 0 bridgehead atoms. The van der Waals surface area contributed by atoms with Crippen molar-refractivity contribution in [3.05, 3.63) is 0 Å². The first-order valence-electron chi connectivity index (χ1n) is 6.31. The summed E-state index contributed by atoms with van der Waals surface area (Å²) in [6.45, 7) is 5.37. The summed E-state index contributed by atoms with van der Waals surface area (Å²) < 4.78 is 22.5. The van der Waals surface area contributed by atoms with E-state index < -0.39 is 0 Å². The van der Waals surface area contributed by atoms with Crippen LogP contribution in [0.4, 0.5) is 0 Å². The van der Waals surface area contributed by atoms with Crippen molar-refractivity contribution in [3.63, 3.8) is 0 Å². The van der Waals surface area contributed by atoms with E-state index in [-0.39, 0.29) is 11.7 Å². The fraction of sp³-hybridized carbons (Fsp3) is 1.00. The summed E-state index contributed by atoms with van der Waals surface area (Å²) in [7, 11) is 0. The maximum Gasteiger partial charge on any atom is 0.147 e. The van der Waals surface area contributed by atoms with Crippen LogP contribution in [-0.4, -0.2) is 43.4 Å². The zero-order valence-electron chi connectivity index (χ0n) is 9.98. The van der Waals surface area contributed by atoms with Gasteiger partial charge in [-0.25, -0.2) is 0 Å². The van der Waals surface area contributed by atoms with Gasteiger partial charge in [-0.15, -0.1) is 0 Å². The second-order valence-electron chi connectivity index (χ2n) is 5.00. The Labute approximate surface area is 96.2 Å². The minimum atomic E-state index is -0.227. The molecule has 3 aliphatic heterocycles. The van der Waals surface area contributed by atoms with Gasteiger partial charge in [-0.1, -0.05) is 13.8 Å². The number of epoxide rings is 2. The summed E-state index contributed by atoms with van der Waals surface area (Å²) in [4.78, 5) is 0. The van der Waals surface area contributed by atoms with E-state index in [1.165, 1.54) is 0 Å². The van der Waals surface area contributed by atoms with Gasteiger partial charge in [0.25, 0.3) is 0 Å². The Morgan fingerprint density at radius 2 is 1.88 bits per heavy atom. The quantitative estimate of drug-likeness (QED) is 0.668.